The number of hydrogen-bond acceptors (Lipinski definition) is 2. The van der Waals surface area contributed by atoms with Crippen LogP contribution in [0.15, 0.2) is 48.5 Å². The number of piperidine rings is 1. The first-order valence-corrected chi connectivity index (χ1v) is 8.40. The highest BCUT2D eigenvalue weighted by Gasteiger charge is 2.25. The van der Waals surface area contributed by atoms with Crippen LogP contribution >= 0.6 is 11.6 Å². The SMILES string of the molecule is O=C(c1cccc(Cl)c1)N1CCCC(OCc2cccc(F)c2)C1. The summed E-state index contributed by atoms with van der Waals surface area (Å²) >= 11 is 5.96. The number of likely N-dealkylation sites (tertiary alicyclic amines) is 1. The van der Waals surface area contributed by atoms with Gasteiger partial charge in [0.2, 0.25) is 0 Å². The lowest BCUT2D eigenvalue weighted by Crippen LogP contribution is -2.43. The van der Waals surface area contributed by atoms with Crippen molar-refractivity contribution in [3.8, 4) is 0 Å². The highest BCUT2D eigenvalue weighted by molar-refractivity contribution is 6.30. The first kappa shape index (κ1) is 16.9. The first-order chi connectivity index (χ1) is 11.6. The molecule has 2 aromatic rings. The maximum Gasteiger partial charge on any atom is 0.253 e. The lowest BCUT2D eigenvalue weighted by molar-refractivity contribution is -0.00679. The monoisotopic (exact) mass is 347 g/mol. The standard InChI is InChI=1S/C19H19ClFNO2/c20-16-6-2-5-15(11-16)19(23)22-9-3-8-18(12-22)24-13-14-4-1-7-17(21)10-14/h1-2,4-7,10-11,18H,3,8-9,12-13H2. The molecule has 1 atom stereocenters. The van der Waals surface area contributed by atoms with Gasteiger partial charge in [0.05, 0.1) is 12.7 Å². The van der Waals surface area contributed by atoms with Gasteiger partial charge in [-0.25, -0.2) is 4.39 Å². The van der Waals surface area contributed by atoms with E-state index >= 15 is 0 Å². The van der Waals surface area contributed by atoms with Crippen LogP contribution in [0.1, 0.15) is 28.8 Å². The molecule has 1 amide bonds. The summed E-state index contributed by atoms with van der Waals surface area (Å²) in [5, 5.41) is 0.553. The number of benzene rings is 2. The Hall–Kier alpha value is -1.91. The number of rotatable bonds is 4. The van der Waals surface area contributed by atoms with Gasteiger partial charge in [-0.3, -0.25) is 4.79 Å². The summed E-state index contributed by atoms with van der Waals surface area (Å²) in [4.78, 5) is 14.4. The third kappa shape index (κ3) is 4.34. The van der Waals surface area contributed by atoms with Gasteiger partial charge < -0.3 is 9.64 Å². The number of carbonyl (C=O) groups excluding carboxylic acids is 1. The highest BCUT2D eigenvalue weighted by atomic mass is 35.5. The van der Waals surface area contributed by atoms with E-state index in [1.54, 1.807) is 35.2 Å². The van der Waals surface area contributed by atoms with Gasteiger partial charge in [0.1, 0.15) is 5.82 Å². The van der Waals surface area contributed by atoms with Crippen LogP contribution in [0.25, 0.3) is 0 Å². The summed E-state index contributed by atoms with van der Waals surface area (Å²) in [5.74, 6) is -0.297. The van der Waals surface area contributed by atoms with Gasteiger partial charge in [-0.05, 0) is 48.7 Å². The molecule has 0 bridgehead atoms. The number of halogens is 2. The Labute approximate surface area is 146 Å². The Morgan fingerprint density at radius 3 is 2.88 bits per heavy atom. The summed E-state index contributed by atoms with van der Waals surface area (Å²) in [7, 11) is 0. The van der Waals surface area contributed by atoms with E-state index in [-0.39, 0.29) is 17.8 Å². The minimum atomic E-state index is -0.266. The van der Waals surface area contributed by atoms with Crippen molar-refractivity contribution in [3.63, 3.8) is 0 Å². The molecule has 1 unspecified atom stereocenters. The first-order valence-electron chi connectivity index (χ1n) is 8.03. The Kier molecular flexibility index (Phi) is 5.48. The molecule has 1 heterocycles. The van der Waals surface area contributed by atoms with E-state index in [0.717, 1.165) is 18.4 Å². The molecule has 0 aliphatic carbocycles. The zero-order valence-electron chi connectivity index (χ0n) is 13.3. The third-order valence-electron chi connectivity index (χ3n) is 4.11. The molecule has 126 valence electrons. The normalized spacial score (nSPS) is 17.8. The molecule has 1 saturated heterocycles. The molecule has 0 radical (unpaired) electrons. The number of nitrogens with zero attached hydrogens (tertiary/aromatic N) is 1. The fourth-order valence-corrected chi connectivity index (χ4v) is 3.09. The van der Waals surface area contributed by atoms with Crippen LogP contribution in [-0.2, 0) is 11.3 Å². The van der Waals surface area contributed by atoms with Gasteiger partial charge in [-0.2, -0.15) is 0 Å². The lowest BCUT2D eigenvalue weighted by atomic mass is 10.1. The zero-order chi connectivity index (χ0) is 16.9. The van der Waals surface area contributed by atoms with E-state index in [1.807, 2.05) is 6.07 Å². The second-order valence-electron chi connectivity index (χ2n) is 5.97. The quantitative estimate of drug-likeness (QED) is 0.825. The predicted octanol–water partition coefficient (Wildman–Crippen LogP) is 4.30. The number of ether oxygens (including phenoxy) is 1. The second kappa shape index (κ2) is 7.77. The third-order valence-corrected chi connectivity index (χ3v) is 4.35. The average Bonchev–Trinajstić information content (AvgIpc) is 2.60. The molecule has 5 heteroatoms. The van der Waals surface area contributed by atoms with Crippen LogP contribution in [0.5, 0.6) is 0 Å². The van der Waals surface area contributed by atoms with Crippen molar-refractivity contribution < 1.29 is 13.9 Å². The van der Waals surface area contributed by atoms with Crippen LogP contribution in [0.4, 0.5) is 4.39 Å². The molecule has 24 heavy (non-hydrogen) atoms. The topological polar surface area (TPSA) is 29.5 Å². The maximum absolute atomic E-state index is 13.2. The smallest absolute Gasteiger partial charge is 0.253 e. The number of carbonyl (C=O) groups is 1. The van der Waals surface area contributed by atoms with Crippen molar-refractivity contribution in [1.82, 2.24) is 4.90 Å². The van der Waals surface area contributed by atoms with Crippen molar-refractivity contribution in [2.45, 2.75) is 25.6 Å². The van der Waals surface area contributed by atoms with E-state index in [0.29, 0.717) is 30.3 Å². The minimum Gasteiger partial charge on any atom is -0.372 e. The minimum absolute atomic E-state index is 0.0310. The van der Waals surface area contributed by atoms with Crippen molar-refractivity contribution in [1.29, 1.82) is 0 Å². The molecule has 1 fully saturated rings. The van der Waals surface area contributed by atoms with Gasteiger partial charge in [0.15, 0.2) is 0 Å². The van der Waals surface area contributed by atoms with Crippen LogP contribution < -0.4 is 0 Å². The van der Waals surface area contributed by atoms with Crippen LogP contribution in [0.3, 0.4) is 0 Å². The van der Waals surface area contributed by atoms with Gasteiger partial charge in [-0.15, -0.1) is 0 Å². The summed E-state index contributed by atoms with van der Waals surface area (Å²) in [6, 6.07) is 13.4. The largest absolute Gasteiger partial charge is 0.372 e. The Morgan fingerprint density at radius 1 is 1.25 bits per heavy atom. The molecule has 3 rings (SSSR count). The molecule has 1 aliphatic heterocycles. The molecule has 0 spiro atoms. The van der Waals surface area contributed by atoms with E-state index in [1.165, 1.54) is 12.1 Å². The summed E-state index contributed by atoms with van der Waals surface area (Å²) < 4.78 is 19.1. The lowest BCUT2D eigenvalue weighted by Gasteiger charge is -2.32. The average molecular weight is 348 g/mol. The highest BCUT2D eigenvalue weighted by Crippen LogP contribution is 2.19. The van der Waals surface area contributed by atoms with Gasteiger partial charge in [0, 0.05) is 23.7 Å². The molecule has 2 aromatic carbocycles. The van der Waals surface area contributed by atoms with Crippen molar-refractivity contribution in [2.24, 2.45) is 0 Å². The molecular formula is C19H19ClFNO2. The van der Waals surface area contributed by atoms with E-state index in [2.05, 4.69) is 0 Å². The second-order valence-corrected chi connectivity index (χ2v) is 6.40. The predicted molar refractivity (Wildman–Crippen MR) is 91.6 cm³/mol. The fourth-order valence-electron chi connectivity index (χ4n) is 2.90. The van der Waals surface area contributed by atoms with E-state index < -0.39 is 0 Å². The van der Waals surface area contributed by atoms with E-state index in [4.69, 9.17) is 16.3 Å². The molecule has 0 N–H and O–H groups in total. The van der Waals surface area contributed by atoms with Crippen LogP contribution in [0.2, 0.25) is 5.02 Å². The van der Waals surface area contributed by atoms with Gasteiger partial charge in [0.25, 0.3) is 5.91 Å². The Morgan fingerprint density at radius 2 is 2.08 bits per heavy atom. The summed E-state index contributed by atoms with van der Waals surface area (Å²) in [6.45, 7) is 1.60. The van der Waals surface area contributed by atoms with Crippen LogP contribution in [-0.4, -0.2) is 30.0 Å². The molecule has 3 nitrogen and oxygen atoms in total. The molecule has 0 saturated carbocycles. The van der Waals surface area contributed by atoms with Crippen molar-refractivity contribution >= 4 is 17.5 Å². The Balaban J connectivity index is 1.59. The maximum atomic E-state index is 13.2. The molecule has 1 aliphatic rings. The molecular weight excluding hydrogens is 329 g/mol. The summed E-state index contributed by atoms with van der Waals surface area (Å²) in [6.07, 6.45) is 1.75. The number of amides is 1. The number of hydrogen-bond donors (Lipinski definition) is 0. The van der Waals surface area contributed by atoms with E-state index in [9.17, 15) is 9.18 Å². The van der Waals surface area contributed by atoms with Gasteiger partial charge in [-0.1, -0.05) is 29.8 Å². The van der Waals surface area contributed by atoms with Crippen molar-refractivity contribution in [3.05, 3.63) is 70.5 Å². The van der Waals surface area contributed by atoms with Crippen molar-refractivity contribution in [2.75, 3.05) is 13.1 Å². The van der Waals surface area contributed by atoms with Crippen LogP contribution in [0, 0.1) is 5.82 Å². The fraction of sp³-hybridized carbons (Fsp3) is 0.316. The summed E-state index contributed by atoms with van der Waals surface area (Å²) in [5.41, 5.74) is 1.39. The van der Waals surface area contributed by atoms with Gasteiger partial charge >= 0.3 is 0 Å². The Bertz CT molecular complexity index is 722. The molecule has 0 aromatic heterocycles. The zero-order valence-corrected chi connectivity index (χ0v) is 14.0.